The minimum Gasteiger partial charge on any atom is -0.444 e. The van der Waals surface area contributed by atoms with E-state index in [9.17, 15) is 4.79 Å². The van der Waals surface area contributed by atoms with Crippen molar-refractivity contribution in [3.63, 3.8) is 0 Å². The number of carbonyl (C=O) groups is 1. The van der Waals surface area contributed by atoms with Crippen molar-refractivity contribution in [3.05, 3.63) is 47.6 Å². The third-order valence-electron chi connectivity index (χ3n) is 2.81. The standard InChI is InChI=1S/C16H21N3O3/c1-11-17-14(22-19-11)13(10-12-8-6-5-7-9-12)18-15(20)21-16(2,3)4/h5-9,13H,10H2,1-4H3,(H,18,20)/t13-/m1/s1. The molecule has 1 aromatic heterocycles. The van der Waals surface area contributed by atoms with Crippen molar-refractivity contribution >= 4 is 6.09 Å². The summed E-state index contributed by atoms with van der Waals surface area (Å²) in [5.74, 6) is 0.895. The number of alkyl carbamates (subject to hydrolysis) is 1. The van der Waals surface area contributed by atoms with E-state index in [1.165, 1.54) is 0 Å². The molecule has 118 valence electrons. The van der Waals surface area contributed by atoms with E-state index in [1.807, 2.05) is 51.1 Å². The summed E-state index contributed by atoms with van der Waals surface area (Å²) in [5.41, 5.74) is 0.492. The number of aryl methyl sites for hydroxylation is 1. The molecule has 0 saturated heterocycles. The Bertz CT molecular complexity index is 617. The molecule has 2 rings (SSSR count). The van der Waals surface area contributed by atoms with Crippen molar-refractivity contribution in [2.24, 2.45) is 0 Å². The average molecular weight is 303 g/mol. The number of hydrogen-bond acceptors (Lipinski definition) is 5. The molecule has 0 bridgehead atoms. The topological polar surface area (TPSA) is 77.2 Å². The molecule has 0 fully saturated rings. The highest BCUT2D eigenvalue weighted by Crippen LogP contribution is 2.18. The van der Waals surface area contributed by atoms with Gasteiger partial charge >= 0.3 is 6.09 Å². The second-order valence-corrected chi connectivity index (χ2v) is 6.07. The third kappa shape index (κ3) is 4.87. The van der Waals surface area contributed by atoms with E-state index in [-0.39, 0.29) is 0 Å². The van der Waals surface area contributed by atoms with Gasteiger partial charge in [-0.2, -0.15) is 4.98 Å². The van der Waals surface area contributed by atoms with Gasteiger partial charge in [-0.05, 0) is 33.3 Å². The summed E-state index contributed by atoms with van der Waals surface area (Å²) in [7, 11) is 0. The number of carbonyl (C=O) groups excluding carboxylic acids is 1. The lowest BCUT2D eigenvalue weighted by Crippen LogP contribution is -2.36. The normalized spacial score (nSPS) is 12.7. The van der Waals surface area contributed by atoms with Gasteiger partial charge in [-0.25, -0.2) is 4.79 Å². The van der Waals surface area contributed by atoms with Crippen LogP contribution in [0.2, 0.25) is 0 Å². The maximum atomic E-state index is 12.0. The van der Waals surface area contributed by atoms with Crippen molar-refractivity contribution in [1.82, 2.24) is 15.5 Å². The van der Waals surface area contributed by atoms with Crippen LogP contribution in [0.15, 0.2) is 34.9 Å². The molecule has 0 saturated carbocycles. The van der Waals surface area contributed by atoms with Gasteiger partial charge in [0.15, 0.2) is 5.82 Å². The predicted octanol–water partition coefficient (Wildman–Crippen LogP) is 3.19. The number of aromatic nitrogens is 2. The molecule has 1 aromatic carbocycles. The number of benzene rings is 1. The molecular formula is C16H21N3O3. The zero-order chi connectivity index (χ0) is 16.2. The Balaban J connectivity index is 2.13. The first-order chi connectivity index (χ1) is 10.3. The zero-order valence-corrected chi connectivity index (χ0v) is 13.3. The first kappa shape index (κ1) is 16.0. The van der Waals surface area contributed by atoms with E-state index in [1.54, 1.807) is 6.92 Å². The van der Waals surface area contributed by atoms with Gasteiger partial charge < -0.3 is 14.6 Å². The fraction of sp³-hybridized carbons (Fsp3) is 0.438. The van der Waals surface area contributed by atoms with Crippen LogP contribution in [0.25, 0.3) is 0 Å². The molecule has 0 unspecified atom stereocenters. The van der Waals surface area contributed by atoms with Crippen LogP contribution in [0.1, 0.15) is 44.1 Å². The van der Waals surface area contributed by atoms with Crippen LogP contribution in [-0.4, -0.2) is 21.8 Å². The van der Waals surface area contributed by atoms with Gasteiger partial charge in [-0.15, -0.1) is 0 Å². The second-order valence-electron chi connectivity index (χ2n) is 6.07. The van der Waals surface area contributed by atoms with Crippen LogP contribution >= 0.6 is 0 Å². The van der Waals surface area contributed by atoms with E-state index in [0.717, 1.165) is 5.56 Å². The quantitative estimate of drug-likeness (QED) is 0.938. The highest BCUT2D eigenvalue weighted by atomic mass is 16.6. The van der Waals surface area contributed by atoms with E-state index in [2.05, 4.69) is 15.5 Å². The Kier molecular flexibility index (Phi) is 4.80. The summed E-state index contributed by atoms with van der Waals surface area (Å²) in [6.45, 7) is 7.18. The van der Waals surface area contributed by atoms with Gasteiger partial charge in [0.2, 0.25) is 5.89 Å². The molecule has 0 aliphatic heterocycles. The Morgan fingerprint density at radius 1 is 1.32 bits per heavy atom. The molecule has 0 aliphatic carbocycles. The SMILES string of the molecule is Cc1noc([C@@H](Cc2ccccc2)NC(=O)OC(C)(C)C)n1. The number of nitrogens with one attached hydrogen (secondary N) is 1. The molecule has 6 nitrogen and oxygen atoms in total. The van der Waals surface area contributed by atoms with Crippen LogP contribution in [-0.2, 0) is 11.2 Å². The third-order valence-corrected chi connectivity index (χ3v) is 2.81. The van der Waals surface area contributed by atoms with Gasteiger partial charge in [0.25, 0.3) is 0 Å². The van der Waals surface area contributed by atoms with Crippen LogP contribution in [0.5, 0.6) is 0 Å². The number of hydrogen-bond donors (Lipinski definition) is 1. The lowest BCUT2D eigenvalue weighted by Gasteiger charge is -2.22. The van der Waals surface area contributed by atoms with Gasteiger partial charge in [-0.3, -0.25) is 0 Å². The Morgan fingerprint density at radius 2 is 2.00 bits per heavy atom. The summed E-state index contributed by atoms with van der Waals surface area (Å²) >= 11 is 0. The first-order valence-electron chi connectivity index (χ1n) is 7.17. The van der Waals surface area contributed by atoms with Gasteiger partial charge in [0, 0.05) is 6.42 Å². The molecule has 1 atom stereocenters. The van der Waals surface area contributed by atoms with Crippen molar-refractivity contribution in [2.75, 3.05) is 0 Å². The van der Waals surface area contributed by atoms with Crippen molar-refractivity contribution in [2.45, 2.75) is 45.8 Å². The molecule has 1 amide bonds. The monoisotopic (exact) mass is 303 g/mol. The predicted molar refractivity (Wildman–Crippen MR) is 81.3 cm³/mol. The zero-order valence-electron chi connectivity index (χ0n) is 13.3. The summed E-state index contributed by atoms with van der Waals surface area (Å²) in [4.78, 5) is 16.2. The summed E-state index contributed by atoms with van der Waals surface area (Å²) in [5, 5.41) is 6.58. The Hall–Kier alpha value is -2.37. The Labute approximate surface area is 129 Å². The minimum absolute atomic E-state index is 0.368. The van der Waals surface area contributed by atoms with E-state index in [4.69, 9.17) is 9.26 Å². The van der Waals surface area contributed by atoms with Crippen LogP contribution in [0, 0.1) is 6.92 Å². The number of amides is 1. The van der Waals surface area contributed by atoms with Crippen LogP contribution < -0.4 is 5.32 Å². The first-order valence-corrected chi connectivity index (χ1v) is 7.17. The van der Waals surface area contributed by atoms with E-state index in [0.29, 0.717) is 18.1 Å². The fourth-order valence-electron chi connectivity index (χ4n) is 1.95. The maximum absolute atomic E-state index is 12.0. The molecule has 1 N–H and O–H groups in total. The lowest BCUT2D eigenvalue weighted by atomic mass is 10.1. The number of rotatable bonds is 4. The molecule has 0 aliphatic rings. The van der Waals surface area contributed by atoms with Crippen molar-refractivity contribution in [3.8, 4) is 0 Å². The van der Waals surface area contributed by atoms with Gasteiger partial charge in [-0.1, -0.05) is 35.5 Å². The molecule has 0 spiro atoms. The highest BCUT2D eigenvalue weighted by Gasteiger charge is 2.24. The van der Waals surface area contributed by atoms with Crippen molar-refractivity contribution in [1.29, 1.82) is 0 Å². The molecule has 0 radical (unpaired) electrons. The smallest absolute Gasteiger partial charge is 0.408 e. The van der Waals surface area contributed by atoms with Gasteiger partial charge in [0.1, 0.15) is 11.6 Å². The summed E-state index contributed by atoms with van der Waals surface area (Å²) < 4.78 is 10.5. The fourth-order valence-corrected chi connectivity index (χ4v) is 1.95. The van der Waals surface area contributed by atoms with E-state index < -0.39 is 17.7 Å². The van der Waals surface area contributed by atoms with E-state index >= 15 is 0 Å². The van der Waals surface area contributed by atoms with Crippen LogP contribution in [0.4, 0.5) is 4.79 Å². The van der Waals surface area contributed by atoms with Crippen LogP contribution in [0.3, 0.4) is 0 Å². The number of nitrogens with zero attached hydrogens (tertiary/aromatic N) is 2. The second kappa shape index (κ2) is 6.60. The molecular weight excluding hydrogens is 282 g/mol. The molecule has 22 heavy (non-hydrogen) atoms. The maximum Gasteiger partial charge on any atom is 0.408 e. The summed E-state index contributed by atoms with van der Waals surface area (Å²) in [6, 6.07) is 9.35. The Morgan fingerprint density at radius 3 is 2.55 bits per heavy atom. The average Bonchev–Trinajstić information content (AvgIpc) is 2.84. The lowest BCUT2D eigenvalue weighted by molar-refractivity contribution is 0.0493. The molecule has 6 heteroatoms. The number of ether oxygens (including phenoxy) is 1. The highest BCUT2D eigenvalue weighted by molar-refractivity contribution is 5.68. The van der Waals surface area contributed by atoms with Crippen molar-refractivity contribution < 1.29 is 14.1 Å². The largest absolute Gasteiger partial charge is 0.444 e. The molecule has 2 aromatic rings. The molecule has 1 heterocycles. The minimum atomic E-state index is -0.563. The van der Waals surface area contributed by atoms with Gasteiger partial charge in [0.05, 0.1) is 0 Å². The summed E-state index contributed by atoms with van der Waals surface area (Å²) in [6.07, 6.45) is 0.0334.